The summed E-state index contributed by atoms with van der Waals surface area (Å²) < 4.78 is 42.3. The first-order chi connectivity index (χ1) is 9.30. The molecular weight excluding hydrogens is 275 g/mol. The molecule has 0 fully saturated rings. The van der Waals surface area contributed by atoms with Crippen LogP contribution in [0.25, 0.3) is 10.8 Å². The molecule has 1 aromatic carbocycles. The van der Waals surface area contributed by atoms with Crippen LogP contribution in [0.15, 0.2) is 30.5 Å². The number of carboxylic acids is 1. The van der Waals surface area contributed by atoms with E-state index in [1.165, 1.54) is 12.1 Å². The molecule has 0 bridgehead atoms. The molecule has 1 heterocycles. The number of hydrogen-bond donors (Lipinski definition) is 1. The minimum Gasteiger partial charge on any atom is -0.478 e. The summed E-state index contributed by atoms with van der Waals surface area (Å²) in [6.07, 6.45) is -5.56. The van der Waals surface area contributed by atoms with Gasteiger partial charge in [-0.05, 0) is 13.0 Å². The Hall–Kier alpha value is -2.31. The lowest BCUT2D eigenvalue weighted by atomic mass is 10.1. The number of carboxylic acid groups (broad SMARTS) is 1. The van der Waals surface area contributed by atoms with Crippen molar-refractivity contribution in [2.24, 2.45) is 0 Å². The third-order valence-electron chi connectivity index (χ3n) is 2.74. The van der Waals surface area contributed by atoms with Gasteiger partial charge in [0.15, 0.2) is 6.10 Å². The van der Waals surface area contributed by atoms with Crippen molar-refractivity contribution >= 4 is 16.7 Å². The van der Waals surface area contributed by atoms with Crippen LogP contribution in [-0.4, -0.2) is 28.3 Å². The molecule has 0 aliphatic rings. The van der Waals surface area contributed by atoms with Crippen LogP contribution in [0.3, 0.4) is 0 Å². The maximum atomic E-state index is 12.5. The molecule has 7 heteroatoms. The lowest BCUT2D eigenvalue weighted by molar-refractivity contribution is -0.189. The highest BCUT2D eigenvalue weighted by molar-refractivity contribution is 6.04. The minimum atomic E-state index is -4.52. The van der Waals surface area contributed by atoms with E-state index in [0.717, 1.165) is 13.1 Å². The van der Waals surface area contributed by atoms with Gasteiger partial charge in [0.2, 0.25) is 5.88 Å². The lowest BCUT2D eigenvalue weighted by Crippen LogP contribution is -2.31. The van der Waals surface area contributed by atoms with Gasteiger partial charge < -0.3 is 9.84 Å². The van der Waals surface area contributed by atoms with Crippen molar-refractivity contribution in [1.29, 1.82) is 0 Å². The van der Waals surface area contributed by atoms with Gasteiger partial charge in [-0.2, -0.15) is 13.2 Å². The highest BCUT2D eigenvalue weighted by Gasteiger charge is 2.38. The maximum Gasteiger partial charge on any atom is 0.425 e. The Bertz CT molecular complexity index is 655. The number of nitrogens with zero attached hydrogens (tertiary/aromatic N) is 1. The average molecular weight is 285 g/mol. The number of hydrogen-bond acceptors (Lipinski definition) is 3. The number of halogens is 3. The van der Waals surface area contributed by atoms with Gasteiger partial charge in [-0.1, -0.05) is 18.2 Å². The van der Waals surface area contributed by atoms with Gasteiger partial charge in [0.25, 0.3) is 0 Å². The molecule has 2 aromatic rings. The second-order valence-corrected chi connectivity index (χ2v) is 4.13. The zero-order valence-electron chi connectivity index (χ0n) is 10.3. The van der Waals surface area contributed by atoms with E-state index in [-0.39, 0.29) is 22.2 Å². The van der Waals surface area contributed by atoms with Crippen molar-refractivity contribution in [2.75, 3.05) is 0 Å². The van der Waals surface area contributed by atoms with Crippen molar-refractivity contribution in [1.82, 2.24) is 4.98 Å². The SMILES string of the molecule is CC(Oc1ncc(C(=O)O)c2ccccc12)C(F)(F)F. The van der Waals surface area contributed by atoms with Crippen molar-refractivity contribution in [3.8, 4) is 5.88 Å². The Morgan fingerprint density at radius 1 is 1.30 bits per heavy atom. The van der Waals surface area contributed by atoms with Crippen LogP contribution >= 0.6 is 0 Å². The molecule has 0 saturated carbocycles. The van der Waals surface area contributed by atoms with Gasteiger partial charge in [-0.3, -0.25) is 0 Å². The van der Waals surface area contributed by atoms with E-state index < -0.39 is 18.2 Å². The first kappa shape index (κ1) is 14.1. The smallest absolute Gasteiger partial charge is 0.425 e. The Labute approximate surface area is 111 Å². The normalized spacial score (nSPS) is 13.2. The summed E-state index contributed by atoms with van der Waals surface area (Å²) in [5, 5.41) is 9.53. The molecule has 0 spiro atoms. The highest BCUT2D eigenvalue weighted by Crippen LogP contribution is 2.30. The first-order valence-corrected chi connectivity index (χ1v) is 5.65. The van der Waals surface area contributed by atoms with Crippen molar-refractivity contribution in [2.45, 2.75) is 19.2 Å². The van der Waals surface area contributed by atoms with Gasteiger partial charge >= 0.3 is 12.1 Å². The van der Waals surface area contributed by atoms with Gasteiger partial charge in [0.1, 0.15) is 0 Å². The van der Waals surface area contributed by atoms with E-state index in [1.807, 2.05) is 0 Å². The minimum absolute atomic E-state index is 0.0902. The standard InChI is InChI=1S/C13H10F3NO3/c1-7(13(14,15)16)20-11-9-5-3-2-4-8(9)10(6-17-11)12(18)19/h2-7H,1H3,(H,18,19). The summed E-state index contributed by atoms with van der Waals surface area (Å²) in [5.74, 6) is -1.44. The summed E-state index contributed by atoms with van der Waals surface area (Å²) >= 11 is 0. The zero-order valence-corrected chi connectivity index (χ0v) is 10.3. The first-order valence-electron chi connectivity index (χ1n) is 5.65. The highest BCUT2D eigenvalue weighted by atomic mass is 19.4. The predicted molar refractivity (Wildman–Crippen MR) is 64.8 cm³/mol. The fourth-order valence-electron chi connectivity index (χ4n) is 1.67. The lowest BCUT2D eigenvalue weighted by Gasteiger charge is -2.18. The third kappa shape index (κ3) is 2.66. The van der Waals surface area contributed by atoms with Crippen molar-refractivity contribution < 1.29 is 27.8 Å². The van der Waals surface area contributed by atoms with Gasteiger partial charge in [0.05, 0.1) is 5.56 Å². The molecule has 4 nitrogen and oxygen atoms in total. The number of pyridine rings is 1. The van der Waals surface area contributed by atoms with E-state index >= 15 is 0 Å². The van der Waals surface area contributed by atoms with E-state index in [4.69, 9.17) is 9.84 Å². The Balaban J connectivity index is 2.51. The number of rotatable bonds is 3. The molecule has 1 unspecified atom stereocenters. The van der Waals surface area contributed by atoms with Crippen LogP contribution in [0.4, 0.5) is 13.2 Å². The fraction of sp³-hybridized carbons (Fsp3) is 0.231. The molecular formula is C13H10F3NO3. The molecule has 1 atom stereocenters. The molecule has 0 aliphatic carbocycles. The van der Waals surface area contributed by atoms with Crippen LogP contribution in [0.5, 0.6) is 5.88 Å². The second-order valence-electron chi connectivity index (χ2n) is 4.13. The predicted octanol–water partition coefficient (Wildman–Crippen LogP) is 3.26. The van der Waals surface area contributed by atoms with Crippen LogP contribution in [0.2, 0.25) is 0 Å². The average Bonchev–Trinajstić information content (AvgIpc) is 2.37. The van der Waals surface area contributed by atoms with Gasteiger partial charge in [-0.25, -0.2) is 9.78 Å². The number of carbonyl (C=O) groups is 1. The number of ether oxygens (including phenoxy) is 1. The zero-order chi connectivity index (χ0) is 14.9. The number of aromatic nitrogens is 1. The van der Waals surface area contributed by atoms with E-state index in [9.17, 15) is 18.0 Å². The molecule has 0 amide bonds. The van der Waals surface area contributed by atoms with Crippen LogP contribution in [0.1, 0.15) is 17.3 Å². The Morgan fingerprint density at radius 2 is 1.90 bits per heavy atom. The monoisotopic (exact) mass is 285 g/mol. The molecule has 20 heavy (non-hydrogen) atoms. The second kappa shape index (κ2) is 4.99. The molecule has 0 aliphatic heterocycles. The molecule has 0 radical (unpaired) electrons. The topological polar surface area (TPSA) is 59.4 Å². The van der Waals surface area contributed by atoms with Crippen LogP contribution < -0.4 is 4.74 Å². The van der Waals surface area contributed by atoms with E-state index in [2.05, 4.69) is 4.98 Å². The summed E-state index contributed by atoms with van der Waals surface area (Å²) in [6, 6.07) is 6.12. The van der Waals surface area contributed by atoms with Gasteiger partial charge in [-0.15, -0.1) is 0 Å². The molecule has 2 rings (SSSR count). The summed E-state index contributed by atoms with van der Waals surface area (Å²) in [4.78, 5) is 14.7. The molecule has 0 saturated heterocycles. The molecule has 106 valence electrons. The number of aromatic carboxylic acids is 1. The largest absolute Gasteiger partial charge is 0.478 e. The quantitative estimate of drug-likeness (QED) is 0.940. The van der Waals surface area contributed by atoms with Gasteiger partial charge in [0, 0.05) is 17.0 Å². The molecule has 1 aromatic heterocycles. The van der Waals surface area contributed by atoms with Crippen LogP contribution in [-0.2, 0) is 0 Å². The summed E-state index contributed by atoms with van der Waals surface area (Å²) in [6.45, 7) is 0.863. The number of benzene rings is 1. The number of alkyl halides is 3. The maximum absolute atomic E-state index is 12.5. The Morgan fingerprint density at radius 3 is 2.45 bits per heavy atom. The van der Waals surface area contributed by atoms with Crippen molar-refractivity contribution in [3.05, 3.63) is 36.0 Å². The number of fused-ring (bicyclic) bond motifs is 1. The van der Waals surface area contributed by atoms with Crippen LogP contribution in [0, 0.1) is 0 Å². The van der Waals surface area contributed by atoms with E-state index in [0.29, 0.717) is 0 Å². The Kier molecular flexibility index (Phi) is 3.52. The fourth-order valence-corrected chi connectivity index (χ4v) is 1.67. The van der Waals surface area contributed by atoms with E-state index in [1.54, 1.807) is 12.1 Å². The summed E-state index contributed by atoms with van der Waals surface area (Å²) in [7, 11) is 0. The third-order valence-corrected chi connectivity index (χ3v) is 2.74. The van der Waals surface area contributed by atoms with Crippen molar-refractivity contribution in [3.63, 3.8) is 0 Å². The molecule has 1 N–H and O–H groups in total. The summed E-state index contributed by atoms with van der Waals surface area (Å²) in [5.41, 5.74) is -0.0902.